The molecule has 0 amide bonds. The average Bonchev–Trinajstić information content (AvgIpc) is 2.77. The fraction of sp³-hybridized carbons (Fsp3) is 0.294. The van der Waals surface area contributed by atoms with Crippen molar-refractivity contribution in [2.24, 2.45) is 5.92 Å². The number of hydrogen-bond acceptors (Lipinski definition) is 0. The zero-order valence-electron chi connectivity index (χ0n) is 12.1. The third-order valence-corrected chi connectivity index (χ3v) is 2.71. The second kappa shape index (κ2) is 10.3. The molecule has 0 unspecified atom stereocenters. The molecule has 0 saturated heterocycles. The predicted octanol–water partition coefficient (Wildman–Crippen LogP) is 6.69. The fourth-order valence-corrected chi connectivity index (χ4v) is 2.08. The van der Waals surface area contributed by atoms with Crippen LogP contribution < -0.4 is 0 Å². The summed E-state index contributed by atoms with van der Waals surface area (Å²) in [6.45, 7) is 6.50. The minimum Gasteiger partial charge on any atom is -0.0619 e. The topological polar surface area (TPSA) is 0 Å². The molecular weight excluding hydrogens is 509 g/mol. The van der Waals surface area contributed by atoms with Gasteiger partial charge < -0.3 is 0 Å². The molecular formula is C17H20I2V. The van der Waals surface area contributed by atoms with Crippen LogP contribution in [0.3, 0.4) is 0 Å². The van der Waals surface area contributed by atoms with Crippen LogP contribution in [0.4, 0.5) is 0 Å². The summed E-state index contributed by atoms with van der Waals surface area (Å²) in [6, 6.07) is 17.3. The third kappa shape index (κ3) is 6.08. The minimum absolute atomic E-state index is 0.628. The molecule has 0 spiro atoms. The minimum atomic E-state index is 0.628. The van der Waals surface area contributed by atoms with Crippen LogP contribution in [-0.2, 0) is 15.9 Å². The van der Waals surface area contributed by atoms with Crippen LogP contribution in [0.1, 0.15) is 31.9 Å². The van der Waals surface area contributed by atoms with Gasteiger partial charge in [-0.1, -0.05) is 69.3 Å². The maximum Gasteiger partial charge on any atom is -0.00135 e. The van der Waals surface area contributed by atoms with E-state index in [0.29, 0.717) is 9.47 Å². The third-order valence-electron chi connectivity index (χ3n) is 2.71. The molecule has 2 aromatic rings. The molecule has 0 nitrogen and oxygen atoms in total. The molecule has 0 atom stereocenters. The molecule has 0 N–H and O–H groups in total. The molecule has 0 heterocycles. The quantitative estimate of drug-likeness (QED) is 0.285. The van der Waals surface area contributed by atoms with E-state index in [1.165, 1.54) is 22.3 Å². The monoisotopic (exact) mass is 529 g/mol. The van der Waals surface area contributed by atoms with Crippen LogP contribution >= 0.6 is 40.0 Å². The summed E-state index contributed by atoms with van der Waals surface area (Å²) in [6.07, 6.45) is 1.10. The van der Waals surface area contributed by atoms with Crippen molar-refractivity contribution in [3.05, 3.63) is 59.7 Å². The van der Waals surface area contributed by atoms with Crippen molar-refractivity contribution in [3.8, 4) is 11.1 Å². The molecule has 3 heteroatoms. The van der Waals surface area contributed by atoms with Gasteiger partial charge in [0.25, 0.3) is 0 Å². The molecule has 2 aromatic carbocycles. The number of rotatable bonds is 0. The van der Waals surface area contributed by atoms with Gasteiger partial charge in [-0.2, -0.15) is 0 Å². The van der Waals surface area contributed by atoms with E-state index < -0.39 is 0 Å². The van der Waals surface area contributed by atoms with E-state index in [9.17, 15) is 0 Å². The van der Waals surface area contributed by atoms with Gasteiger partial charge in [-0.05, 0) is 34.6 Å². The Hall–Kier alpha value is 0.484. The molecule has 0 saturated carbocycles. The Morgan fingerprint density at radius 1 is 0.800 bits per heavy atom. The van der Waals surface area contributed by atoms with E-state index in [0.717, 1.165) is 12.3 Å². The van der Waals surface area contributed by atoms with Crippen molar-refractivity contribution in [1.29, 1.82) is 0 Å². The fourth-order valence-electron chi connectivity index (χ4n) is 2.08. The van der Waals surface area contributed by atoms with Crippen molar-refractivity contribution in [2.75, 3.05) is 0 Å². The van der Waals surface area contributed by atoms with Crippen molar-refractivity contribution in [2.45, 2.75) is 27.2 Å². The van der Waals surface area contributed by atoms with Gasteiger partial charge >= 0.3 is 49.4 Å². The van der Waals surface area contributed by atoms with Crippen LogP contribution in [0, 0.1) is 5.92 Å². The maximum atomic E-state index is 2.37. The van der Waals surface area contributed by atoms with Gasteiger partial charge in [-0.25, -0.2) is 0 Å². The standard InChI is InChI=1S/C13H10.C4H10.2HI.V/c1-3-7-12-10(5-1)9-11-6-2-4-8-13(11)12;1-4(2)3;;;/h1-8H,9H2;4H,1-3H3;2*1H;/q;;;;+2/p-2. The molecule has 1 aliphatic rings. The largest absolute Gasteiger partial charge is 0.0619 e. The molecule has 20 heavy (non-hydrogen) atoms. The average molecular weight is 529 g/mol. The van der Waals surface area contributed by atoms with E-state index in [1.54, 1.807) is 0 Å². The second-order valence-corrected chi connectivity index (χ2v) is 17.1. The van der Waals surface area contributed by atoms with Gasteiger partial charge in [0.2, 0.25) is 0 Å². The van der Waals surface area contributed by atoms with E-state index >= 15 is 0 Å². The van der Waals surface area contributed by atoms with E-state index in [1.807, 2.05) is 0 Å². The first-order chi connectivity index (χ1) is 9.60. The molecule has 0 fully saturated rings. The van der Waals surface area contributed by atoms with Crippen molar-refractivity contribution >= 4 is 40.0 Å². The molecule has 0 bridgehead atoms. The summed E-state index contributed by atoms with van der Waals surface area (Å²) < 4.78 is 0. The van der Waals surface area contributed by atoms with E-state index in [4.69, 9.17) is 0 Å². The molecule has 0 radical (unpaired) electrons. The van der Waals surface area contributed by atoms with E-state index in [2.05, 4.69) is 109 Å². The summed E-state index contributed by atoms with van der Waals surface area (Å²) in [4.78, 5) is 0. The van der Waals surface area contributed by atoms with Crippen LogP contribution in [0.5, 0.6) is 0 Å². The Labute approximate surface area is 152 Å². The Morgan fingerprint density at radius 3 is 1.45 bits per heavy atom. The predicted molar refractivity (Wildman–Crippen MR) is 103 cm³/mol. The first-order valence-electron chi connectivity index (χ1n) is 6.68. The summed E-state index contributed by atoms with van der Waals surface area (Å²) in [5, 5.41) is 0. The van der Waals surface area contributed by atoms with E-state index in [-0.39, 0.29) is 0 Å². The van der Waals surface area contributed by atoms with Gasteiger partial charge in [-0.15, -0.1) is 0 Å². The summed E-state index contributed by atoms with van der Waals surface area (Å²) >= 11 is 4.74. The SMILES string of the molecule is CC(C)C.[I][V][I].c1ccc2c(c1)Cc1ccccc1-2. The first-order valence-corrected chi connectivity index (χ1v) is 15.7. The number of benzene rings is 2. The van der Waals surface area contributed by atoms with Gasteiger partial charge in [-0.3, -0.25) is 0 Å². The van der Waals surface area contributed by atoms with Gasteiger partial charge in [0.15, 0.2) is 0 Å². The van der Waals surface area contributed by atoms with Crippen molar-refractivity contribution in [1.82, 2.24) is 0 Å². The molecule has 0 aliphatic heterocycles. The van der Waals surface area contributed by atoms with Gasteiger partial charge in [0.1, 0.15) is 0 Å². The molecule has 107 valence electrons. The Bertz CT molecular complexity index is 478. The Balaban J connectivity index is 0.000000245. The van der Waals surface area contributed by atoms with Crippen LogP contribution in [0.25, 0.3) is 11.1 Å². The normalized spacial score (nSPS) is 10.5. The number of halogens is 2. The molecule has 3 rings (SSSR count). The smallest absolute Gasteiger partial charge is 0.00135 e. The molecule has 0 aromatic heterocycles. The van der Waals surface area contributed by atoms with Crippen LogP contribution in [-0.4, -0.2) is 0 Å². The summed E-state index contributed by atoms with van der Waals surface area (Å²) in [5.74, 6) is 0.833. The second-order valence-electron chi connectivity index (χ2n) is 5.29. The first kappa shape index (κ1) is 18.5. The number of hydrogen-bond donors (Lipinski definition) is 0. The van der Waals surface area contributed by atoms with Gasteiger partial charge in [0.05, 0.1) is 0 Å². The number of fused-ring (bicyclic) bond motifs is 3. The van der Waals surface area contributed by atoms with Gasteiger partial charge in [0, 0.05) is 0 Å². The zero-order valence-corrected chi connectivity index (χ0v) is 17.8. The molecule has 1 aliphatic carbocycles. The van der Waals surface area contributed by atoms with Crippen molar-refractivity contribution in [3.63, 3.8) is 0 Å². The maximum absolute atomic E-state index is 2.37. The van der Waals surface area contributed by atoms with Crippen LogP contribution in [0.2, 0.25) is 0 Å². The Kier molecular flexibility index (Phi) is 9.50. The summed E-state index contributed by atoms with van der Waals surface area (Å²) in [7, 11) is 0.628. The Morgan fingerprint density at radius 2 is 1.10 bits per heavy atom. The van der Waals surface area contributed by atoms with Crippen LogP contribution in [0.15, 0.2) is 48.5 Å². The van der Waals surface area contributed by atoms with Crippen molar-refractivity contribution < 1.29 is 9.47 Å². The summed E-state index contributed by atoms with van der Waals surface area (Å²) in [5.41, 5.74) is 5.75. The zero-order chi connectivity index (χ0) is 15.0.